The Bertz CT molecular complexity index is 509. The van der Waals surface area contributed by atoms with Crippen molar-refractivity contribution in [3.05, 3.63) is 23.8 Å². The van der Waals surface area contributed by atoms with E-state index in [9.17, 15) is 0 Å². The number of H-pyrrole nitrogens is 1. The van der Waals surface area contributed by atoms with Gasteiger partial charge < -0.3 is 4.98 Å². The van der Waals surface area contributed by atoms with Crippen LogP contribution < -0.4 is 0 Å². The van der Waals surface area contributed by atoms with Gasteiger partial charge in [0, 0.05) is 11.6 Å². The van der Waals surface area contributed by atoms with Crippen LogP contribution in [-0.4, -0.2) is 21.6 Å². The molecule has 1 aromatic carbocycles. The minimum Gasteiger partial charge on any atom is -0.333 e. The van der Waals surface area contributed by atoms with Gasteiger partial charge in [-0.25, -0.2) is 4.98 Å². The maximum Gasteiger partial charge on any atom is 0.166 e. The van der Waals surface area contributed by atoms with Gasteiger partial charge >= 0.3 is 0 Å². The molecule has 2 rings (SSSR count). The zero-order chi connectivity index (χ0) is 13.0. The molecule has 1 unspecified atom stereocenters. The number of nitrogens with one attached hydrogen (secondary N) is 1. The molecule has 0 radical (unpaired) electrons. The van der Waals surface area contributed by atoms with E-state index in [0.29, 0.717) is 5.92 Å². The Morgan fingerprint density at radius 3 is 3.00 bits per heavy atom. The standard InChI is InChI=1S/C14H19ClN2S/c1-10(5-7-15)6-8-18-14-16-12-4-3-11(2)9-13(12)17-14/h3-4,9-10H,5-8H2,1-2H3,(H,16,17). The lowest BCUT2D eigenvalue weighted by Crippen LogP contribution is -1.97. The predicted octanol–water partition coefficient (Wildman–Crippen LogP) is 4.62. The highest BCUT2D eigenvalue weighted by atomic mass is 35.5. The first-order chi connectivity index (χ1) is 8.69. The van der Waals surface area contributed by atoms with Gasteiger partial charge in [-0.1, -0.05) is 24.8 Å². The molecule has 98 valence electrons. The highest BCUT2D eigenvalue weighted by molar-refractivity contribution is 7.99. The van der Waals surface area contributed by atoms with Crippen LogP contribution in [0.2, 0.25) is 0 Å². The Kier molecular flexibility index (Phi) is 4.95. The van der Waals surface area contributed by atoms with Crippen LogP contribution in [0.3, 0.4) is 0 Å². The van der Waals surface area contributed by atoms with E-state index in [0.717, 1.165) is 34.2 Å². The summed E-state index contributed by atoms with van der Waals surface area (Å²) in [6, 6.07) is 6.31. The summed E-state index contributed by atoms with van der Waals surface area (Å²) in [5.41, 5.74) is 3.45. The van der Waals surface area contributed by atoms with E-state index in [2.05, 4.69) is 42.0 Å². The second-order valence-electron chi connectivity index (χ2n) is 4.78. The van der Waals surface area contributed by atoms with Crippen LogP contribution in [0, 0.1) is 12.8 Å². The van der Waals surface area contributed by atoms with Crippen molar-refractivity contribution in [3.8, 4) is 0 Å². The fourth-order valence-corrected chi connectivity index (χ4v) is 3.29. The maximum absolute atomic E-state index is 5.74. The molecule has 0 amide bonds. The largest absolute Gasteiger partial charge is 0.333 e. The van der Waals surface area contributed by atoms with Crippen molar-refractivity contribution in [1.82, 2.24) is 9.97 Å². The molecule has 0 saturated carbocycles. The van der Waals surface area contributed by atoms with Crippen LogP contribution in [0.15, 0.2) is 23.4 Å². The number of hydrogen-bond donors (Lipinski definition) is 1. The van der Waals surface area contributed by atoms with Gasteiger partial charge in [0.1, 0.15) is 0 Å². The zero-order valence-corrected chi connectivity index (χ0v) is 12.4. The third-order valence-electron chi connectivity index (χ3n) is 3.07. The Balaban J connectivity index is 1.92. The SMILES string of the molecule is Cc1ccc2nc(SCCC(C)CCCl)[nH]c2c1. The summed E-state index contributed by atoms with van der Waals surface area (Å²) < 4.78 is 0. The summed E-state index contributed by atoms with van der Waals surface area (Å²) in [5, 5.41) is 1.02. The van der Waals surface area contributed by atoms with Crippen molar-refractivity contribution in [1.29, 1.82) is 0 Å². The van der Waals surface area contributed by atoms with E-state index in [-0.39, 0.29) is 0 Å². The molecule has 0 spiro atoms. The quantitative estimate of drug-likeness (QED) is 0.619. The number of aromatic nitrogens is 2. The van der Waals surface area contributed by atoms with Crippen LogP contribution >= 0.6 is 23.4 Å². The molecule has 0 bridgehead atoms. The number of benzene rings is 1. The average Bonchev–Trinajstić information content (AvgIpc) is 2.71. The zero-order valence-electron chi connectivity index (χ0n) is 10.9. The van der Waals surface area contributed by atoms with Crippen molar-refractivity contribution < 1.29 is 0 Å². The molecule has 4 heteroatoms. The third kappa shape index (κ3) is 3.66. The van der Waals surface area contributed by atoms with Gasteiger partial charge in [-0.15, -0.1) is 11.6 Å². The monoisotopic (exact) mass is 282 g/mol. The van der Waals surface area contributed by atoms with Crippen molar-refractivity contribution in [2.75, 3.05) is 11.6 Å². The molecule has 0 fully saturated rings. The van der Waals surface area contributed by atoms with Gasteiger partial charge in [-0.3, -0.25) is 0 Å². The Hall–Kier alpha value is -0.670. The fourth-order valence-electron chi connectivity index (χ4n) is 1.86. The molecule has 0 aliphatic carbocycles. The minimum atomic E-state index is 0.696. The fraction of sp³-hybridized carbons (Fsp3) is 0.500. The number of alkyl halides is 1. The summed E-state index contributed by atoms with van der Waals surface area (Å²) in [5.74, 6) is 2.55. The highest BCUT2D eigenvalue weighted by Gasteiger charge is 2.05. The smallest absolute Gasteiger partial charge is 0.166 e. The molecule has 0 saturated heterocycles. The Labute approximate surface area is 118 Å². The second kappa shape index (κ2) is 6.48. The molecule has 1 aromatic heterocycles. The van der Waals surface area contributed by atoms with Crippen molar-refractivity contribution >= 4 is 34.4 Å². The first-order valence-corrected chi connectivity index (χ1v) is 7.86. The van der Waals surface area contributed by atoms with E-state index in [4.69, 9.17) is 11.6 Å². The van der Waals surface area contributed by atoms with Crippen molar-refractivity contribution in [2.45, 2.75) is 31.8 Å². The molecule has 1 heterocycles. The molecule has 0 aliphatic rings. The van der Waals surface area contributed by atoms with Crippen LogP contribution in [-0.2, 0) is 0 Å². The summed E-state index contributed by atoms with van der Waals surface area (Å²) in [6.45, 7) is 4.35. The van der Waals surface area contributed by atoms with Gasteiger partial charge in [0.05, 0.1) is 11.0 Å². The summed E-state index contributed by atoms with van der Waals surface area (Å²) in [6.07, 6.45) is 2.29. The minimum absolute atomic E-state index is 0.696. The molecular formula is C14H19ClN2S. The van der Waals surface area contributed by atoms with Crippen LogP contribution in [0.4, 0.5) is 0 Å². The highest BCUT2D eigenvalue weighted by Crippen LogP contribution is 2.22. The van der Waals surface area contributed by atoms with E-state index in [1.54, 1.807) is 11.8 Å². The van der Waals surface area contributed by atoms with E-state index < -0.39 is 0 Å². The number of thioether (sulfide) groups is 1. The predicted molar refractivity (Wildman–Crippen MR) is 80.7 cm³/mol. The topological polar surface area (TPSA) is 28.7 Å². The lowest BCUT2D eigenvalue weighted by atomic mass is 10.1. The first-order valence-electron chi connectivity index (χ1n) is 6.34. The summed E-state index contributed by atoms with van der Waals surface area (Å²) >= 11 is 7.53. The van der Waals surface area contributed by atoms with E-state index in [1.165, 1.54) is 12.0 Å². The van der Waals surface area contributed by atoms with Crippen LogP contribution in [0.1, 0.15) is 25.3 Å². The second-order valence-corrected chi connectivity index (χ2v) is 6.24. The summed E-state index contributed by atoms with van der Waals surface area (Å²) in [4.78, 5) is 7.95. The molecule has 18 heavy (non-hydrogen) atoms. The summed E-state index contributed by atoms with van der Waals surface area (Å²) in [7, 11) is 0. The van der Waals surface area contributed by atoms with Gasteiger partial charge in [0.15, 0.2) is 5.16 Å². The van der Waals surface area contributed by atoms with Crippen LogP contribution in [0.5, 0.6) is 0 Å². The normalized spacial score (nSPS) is 13.1. The van der Waals surface area contributed by atoms with Crippen molar-refractivity contribution in [3.63, 3.8) is 0 Å². The molecule has 1 atom stereocenters. The lowest BCUT2D eigenvalue weighted by molar-refractivity contribution is 0.551. The van der Waals surface area contributed by atoms with E-state index >= 15 is 0 Å². The number of hydrogen-bond acceptors (Lipinski definition) is 2. The molecule has 1 N–H and O–H groups in total. The van der Waals surface area contributed by atoms with Crippen LogP contribution in [0.25, 0.3) is 11.0 Å². The van der Waals surface area contributed by atoms with Crippen molar-refractivity contribution in [2.24, 2.45) is 5.92 Å². The van der Waals surface area contributed by atoms with Gasteiger partial charge in [-0.05, 0) is 43.4 Å². The lowest BCUT2D eigenvalue weighted by Gasteiger charge is -2.07. The molecule has 2 nitrogen and oxygen atoms in total. The molecular weight excluding hydrogens is 264 g/mol. The number of imidazole rings is 1. The van der Waals surface area contributed by atoms with E-state index in [1.807, 2.05) is 0 Å². The maximum atomic E-state index is 5.74. The first kappa shape index (κ1) is 13.8. The number of aromatic amines is 1. The van der Waals surface area contributed by atoms with Gasteiger partial charge in [0.25, 0.3) is 0 Å². The average molecular weight is 283 g/mol. The van der Waals surface area contributed by atoms with Gasteiger partial charge in [0.2, 0.25) is 0 Å². The molecule has 2 aromatic rings. The number of nitrogens with zero attached hydrogens (tertiary/aromatic N) is 1. The van der Waals surface area contributed by atoms with Gasteiger partial charge in [-0.2, -0.15) is 0 Å². The number of aryl methyl sites for hydroxylation is 1. The number of halogens is 1. The number of fused-ring (bicyclic) bond motifs is 1. The third-order valence-corrected chi connectivity index (χ3v) is 4.19. The Morgan fingerprint density at radius 2 is 2.22 bits per heavy atom. The Morgan fingerprint density at radius 1 is 1.39 bits per heavy atom. The number of rotatable bonds is 6. The molecule has 0 aliphatic heterocycles.